The predicted octanol–water partition coefficient (Wildman–Crippen LogP) is 0.470. The molecule has 17 heavy (non-hydrogen) atoms. The summed E-state index contributed by atoms with van der Waals surface area (Å²) in [5.41, 5.74) is 0. The molecule has 5 nitrogen and oxygen atoms in total. The van der Waals surface area contributed by atoms with Crippen LogP contribution in [0.3, 0.4) is 0 Å². The largest absolute Gasteiger partial charge is 0.384 e. The van der Waals surface area contributed by atoms with Crippen LogP contribution in [0.2, 0.25) is 0 Å². The van der Waals surface area contributed by atoms with Gasteiger partial charge >= 0.3 is 0 Å². The fraction of sp³-hybridized carbons (Fsp3) is 1.00. The first-order valence-electron chi connectivity index (χ1n) is 6.27. The van der Waals surface area contributed by atoms with E-state index in [0.717, 1.165) is 19.6 Å². The van der Waals surface area contributed by atoms with Crippen LogP contribution in [0.4, 0.5) is 0 Å². The summed E-state index contributed by atoms with van der Waals surface area (Å²) in [7, 11) is 1.73. The molecule has 2 heterocycles. The van der Waals surface area contributed by atoms with Crippen LogP contribution in [0.15, 0.2) is 0 Å². The molecule has 0 saturated carbocycles. The zero-order chi connectivity index (χ0) is 11.9. The molecule has 2 fully saturated rings. The fourth-order valence-electron chi connectivity index (χ4n) is 2.23. The first-order valence-corrected chi connectivity index (χ1v) is 6.27. The van der Waals surface area contributed by atoms with Crippen molar-refractivity contribution in [1.29, 1.82) is 0 Å². The van der Waals surface area contributed by atoms with Crippen LogP contribution in [0.1, 0.15) is 6.42 Å². The Morgan fingerprint density at radius 1 is 1.06 bits per heavy atom. The summed E-state index contributed by atoms with van der Waals surface area (Å²) < 4.78 is 27.3. The van der Waals surface area contributed by atoms with Gasteiger partial charge in [-0.3, -0.25) is 0 Å². The van der Waals surface area contributed by atoms with Crippen LogP contribution < -0.4 is 0 Å². The average Bonchev–Trinajstić information content (AvgIpc) is 2.79. The Balaban J connectivity index is 1.60. The van der Waals surface area contributed by atoms with E-state index >= 15 is 0 Å². The Bertz CT molecular complexity index is 205. The molecule has 0 aromatic carbocycles. The number of ether oxygens (including phenoxy) is 5. The smallest absolute Gasteiger partial charge is 0.104 e. The van der Waals surface area contributed by atoms with Crippen LogP contribution in [0.25, 0.3) is 0 Å². The first kappa shape index (κ1) is 13.2. The van der Waals surface area contributed by atoms with Gasteiger partial charge < -0.3 is 23.7 Å². The lowest BCUT2D eigenvalue weighted by Crippen LogP contribution is -2.34. The Morgan fingerprint density at radius 2 is 2.00 bits per heavy atom. The molecule has 0 radical (unpaired) electrons. The maximum Gasteiger partial charge on any atom is 0.104 e. The van der Waals surface area contributed by atoms with E-state index in [9.17, 15) is 0 Å². The number of rotatable bonds is 6. The van der Waals surface area contributed by atoms with Crippen molar-refractivity contribution in [3.63, 3.8) is 0 Å². The highest BCUT2D eigenvalue weighted by molar-refractivity contribution is 4.76. The van der Waals surface area contributed by atoms with E-state index < -0.39 is 0 Å². The second kappa shape index (κ2) is 7.28. The summed E-state index contributed by atoms with van der Waals surface area (Å²) in [5.74, 6) is 0.462. The van der Waals surface area contributed by atoms with Crippen molar-refractivity contribution in [3.05, 3.63) is 0 Å². The van der Waals surface area contributed by atoms with Crippen molar-refractivity contribution in [1.82, 2.24) is 0 Å². The van der Waals surface area contributed by atoms with Crippen molar-refractivity contribution < 1.29 is 23.7 Å². The maximum atomic E-state index is 5.65. The SMILES string of the molecule is COCC1CCOC1COCC1COCCO1. The third kappa shape index (κ3) is 4.19. The van der Waals surface area contributed by atoms with Crippen molar-refractivity contribution in [2.75, 3.05) is 53.4 Å². The molecule has 2 rings (SSSR count). The Morgan fingerprint density at radius 3 is 2.76 bits per heavy atom. The first-order chi connectivity index (χ1) is 8.40. The minimum Gasteiger partial charge on any atom is -0.384 e. The number of hydrogen-bond donors (Lipinski definition) is 0. The topological polar surface area (TPSA) is 46.2 Å². The lowest BCUT2D eigenvalue weighted by atomic mass is 10.0. The molecule has 0 spiro atoms. The minimum atomic E-state index is 0.0750. The highest BCUT2D eigenvalue weighted by Crippen LogP contribution is 2.21. The second-order valence-electron chi connectivity index (χ2n) is 4.52. The Kier molecular flexibility index (Phi) is 5.67. The van der Waals surface area contributed by atoms with Gasteiger partial charge in [0.15, 0.2) is 0 Å². The maximum absolute atomic E-state index is 5.65. The monoisotopic (exact) mass is 246 g/mol. The molecule has 2 saturated heterocycles. The molecule has 2 aliphatic rings. The summed E-state index contributed by atoms with van der Waals surface area (Å²) in [6, 6.07) is 0. The van der Waals surface area contributed by atoms with Crippen molar-refractivity contribution in [2.45, 2.75) is 18.6 Å². The van der Waals surface area contributed by atoms with E-state index in [1.807, 2.05) is 0 Å². The highest BCUT2D eigenvalue weighted by Gasteiger charge is 2.28. The molecular formula is C12H22O5. The minimum absolute atomic E-state index is 0.0750. The third-order valence-corrected chi connectivity index (χ3v) is 3.20. The zero-order valence-electron chi connectivity index (χ0n) is 10.4. The van der Waals surface area contributed by atoms with Crippen molar-refractivity contribution in [3.8, 4) is 0 Å². The lowest BCUT2D eigenvalue weighted by Gasteiger charge is -2.24. The summed E-state index contributed by atoms with van der Waals surface area (Å²) in [6.07, 6.45) is 1.30. The van der Waals surface area contributed by atoms with Crippen LogP contribution >= 0.6 is 0 Å². The lowest BCUT2D eigenvalue weighted by molar-refractivity contribution is -0.123. The van der Waals surface area contributed by atoms with Gasteiger partial charge in [0.05, 0.1) is 45.7 Å². The molecule has 0 aromatic rings. The van der Waals surface area contributed by atoms with Crippen LogP contribution in [0, 0.1) is 5.92 Å². The van der Waals surface area contributed by atoms with Crippen LogP contribution in [-0.4, -0.2) is 65.6 Å². The summed E-state index contributed by atoms with van der Waals surface area (Å²) in [5, 5.41) is 0. The standard InChI is InChI=1S/C12H22O5/c1-13-6-10-2-3-17-12(10)9-15-8-11-7-14-4-5-16-11/h10-12H,2-9H2,1H3. The third-order valence-electron chi connectivity index (χ3n) is 3.20. The van der Waals surface area contributed by atoms with Crippen molar-refractivity contribution in [2.24, 2.45) is 5.92 Å². The second-order valence-corrected chi connectivity index (χ2v) is 4.52. The molecule has 5 heteroatoms. The molecule has 0 aliphatic carbocycles. The van der Waals surface area contributed by atoms with Crippen LogP contribution in [-0.2, 0) is 23.7 Å². The molecule has 3 unspecified atom stereocenters. The van der Waals surface area contributed by atoms with E-state index in [0.29, 0.717) is 39.0 Å². The molecule has 0 amide bonds. The van der Waals surface area contributed by atoms with Gasteiger partial charge in [-0.25, -0.2) is 0 Å². The summed E-state index contributed by atoms with van der Waals surface area (Å²) >= 11 is 0. The Labute approximate surface area is 102 Å². The average molecular weight is 246 g/mol. The van der Waals surface area contributed by atoms with Gasteiger partial charge in [-0.05, 0) is 6.42 Å². The van der Waals surface area contributed by atoms with Gasteiger partial charge in [-0.2, -0.15) is 0 Å². The molecule has 0 N–H and O–H groups in total. The fourth-order valence-corrected chi connectivity index (χ4v) is 2.23. The van der Waals surface area contributed by atoms with Crippen LogP contribution in [0.5, 0.6) is 0 Å². The zero-order valence-corrected chi connectivity index (χ0v) is 10.4. The van der Waals surface area contributed by atoms with Gasteiger partial charge in [-0.15, -0.1) is 0 Å². The summed E-state index contributed by atoms with van der Waals surface area (Å²) in [6.45, 7) is 4.75. The molecule has 100 valence electrons. The predicted molar refractivity (Wildman–Crippen MR) is 61.1 cm³/mol. The van der Waals surface area contributed by atoms with E-state index in [-0.39, 0.29) is 12.2 Å². The van der Waals surface area contributed by atoms with Crippen molar-refractivity contribution >= 4 is 0 Å². The van der Waals surface area contributed by atoms with Gasteiger partial charge in [-0.1, -0.05) is 0 Å². The molecular weight excluding hydrogens is 224 g/mol. The summed E-state index contributed by atoms with van der Waals surface area (Å²) in [4.78, 5) is 0. The van der Waals surface area contributed by atoms with Gasteiger partial charge in [0, 0.05) is 19.6 Å². The van der Waals surface area contributed by atoms with E-state index in [1.165, 1.54) is 0 Å². The van der Waals surface area contributed by atoms with E-state index in [2.05, 4.69) is 0 Å². The number of hydrogen-bond acceptors (Lipinski definition) is 5. The van der Waals surface area contributed by atoms with Gasteiger partial charge in [0.25, 0.3) is 0 Å². The quantitative estimate of drug-likeness (QED) is 0.682. The molecule has 2 aliphatic heterocycles. The number of methoxy groups -OCH3 is 1. The van der Waals surface area contributed by atoms with Gasteiger partial charge in [0.1, 0.15) is 6.10 Å². The Hall–Kier alpha value is -0.200. The molecule has 0 aromatic heterocycles. The highest BCUT2D eigenvalue weighted by atomic mass is 16.6. The van der Waals surface area contributed by atoms with E-state index in [1.54, 1.807) is 7.11 Å². The normalized spacial score (nSPS) is 34.1. The molecule has 0 bridgehead atoms. The van der Waals surface area contributed by atoms with E-state index in [4.69, 9.17) is 23.7 Å². The molecule has 3 atom stereocenters. The van der Waals surface area contributed by atoms with Gasteiger partial charge in [0.2, 0.25) is 0 Å².